The summed E-state index contributed by atoms with van der Waals surface area (Å²) < 4.78 is 22.5. The lowest BCUT2D eigenvalue weighted by Gasteiger charge is -2.16. The van der Waals surface area contributed by atoms with E-state index < -0.39 is 7.60 Å². The van der Waals surface area contributed by atoms with Crippen LogP contribution in [0.25, 0.3) is 10.8 Å². The van der Waals surface area contributed by atoms with Crippen LogP contribution in [-0.2, 0) is 15.3 Å². The minimum atomic E-state index is -3.72. The first-order valence-electron chi connectivity index (χ1n) is 6.78. The molecule has 0 saturated carbocycles. The minimum Gasteiger partial charge on any atom is -0.491 e. The summed E-state index contributed by atoms with van der Waals surface area (Å²) >= 11 is 0. The van der Waals surface area contributed by atoms with E-state index in [2.05, 4.69) is 0 Å². The number of hydrogen-bond acceptors (Lipinski definition) is 4. The zero-order valence-electron chi connectivity index (χ0n) is 11.9. The number of benzene rings is 2. The molecule has 0 amide bonds. The molecule has 0 radical (unpaired) electrons. The van der Waals surface area contributed by atoms with Crippen molar-refractivity contribution < 1.29 is 23.8 Å². The molecule has 0 aliphatic rings. The smallest absolute Gasteiger partial charge is 0.332 e. The second-order valence-corrected chi connectivity index (χ2v) is 6.40. The number of aliphatic hydroxyl groups is 1. The molecule has 0 bridgehead atoms. The Morgan fingerprint density at radius 1 is 1.19 bits per heavy atom. The van der Waals surface area contributed by atoms with Crippen molar-refractivity contribution in [2.24, 2.45) is 0 Å². The SMILES string of the molecule is CCOP(=O)(O)Cc1c(OCCO)ccc2ccccc12. The fourth-order valence-corrected chi connectivity index (χ4v) is 3.44. The number of hydrogen-bond donors (Lipinski definition) is 2. The van der Waals surface area contributed by atoms with Gasteiger partial charge in [-0.2, -0.15) is 0 Å². The molecular formula is C15H19O5P. The molecule has 1 atom stereocenters. The maximum atomic E-state index is 12.1. The highest BCUT2D eigenvalue weighted by Gasteiger charge is 2.23. The Kier molecular flexibility index (Phi) is 5.37. The van der Waals surface area contributed by atoms with Crippen molar-refractivity contribution in [1.29, 1.82) is 0 Å². The Morgan fingerprint density at radius 3 is 2.67 bits per heavy atom. The fourth-order valence-electron chi connectivity index (χ4n) is 2.22. The molecule has 2 aromatic carbocycles. The van der Waals surface area contributed by atoms with Crippen molar-refractivity contribution in [3.05, 3.63) is 42.0 Å². The van der Waals surface area contributed by atoms with Gasteiger partial charge in [0, 0.05) is 5.56 Å². The van der Waals surface area contributed by atoms with E-state index in [0.717, 1.165) is 10.8 Å². The van der Waals surface area contributed by atoms with E-state index in [4.69, 9.17) is 14.4 Å². The normalized spacial score (nSPS) is 14.0. The van der Waals surface area contributed by atoms with E-state index in [1.165, 1.54) is 0 Å². The van der Waals surface area contributed by atoms with Gasteiger partial charge in [0.25, 0.3) is 0 Å². The molecule has 114 valence electrons. The summed E-state index contributed by atoms with van der Waals surface area (Å²) in [7, 11) is -3.72. The molecule has 0 heterocycles. The Balaban J connectivity index is 2.47. The summed E-state index contributed by atoms with van der Waals surface area (Å²) in [5, 5.41) is 10.7. The molecule has 2 aromatic rings. The highest BCUT2D eigenvalue weighted by Crippen LogP contribution is 2.48. The maximum Gasteiger partial charge on any atom is 0.332 e. The summed E-state index contributed by atoms with van der Waals surface area (Å²) in [5.41, 5.74) is 0.626. The van der Waals surface area contributed by atoms with Gasteiger partial charge in [-0.05, 0) is 23.8 Å². The van der Waals surface area contributed by atoms with E-state index in [1.807, 2.05) is 30.3 Å². The van der Waals surface area contributed by atoms with Crippen LogP contribution in [0.4, 0.5) is 0 Å². The van der Waals surface area contributed by atoms with Gasteiger partial charge in [0.15, 0.2) is 0 Å². The van der Waals surface area contributed by atoms with E-state index in [1.54, 1.807) is 13.0 Å². The molecule has 2 rings (SSSR count). The van der Waals surface area contributed by atoms with Gasteiger partial charge in [0.05, 0.1) is 19.4 Å². The second kappa shape index (κ2) is 7.05. The van der Waals surface area contributed by atoms with Crippen LogP contribution in [0.1, 0.15) is 12.5 Å². The lowest BCUT2D eigenvalue weighted by molar-refractivity contribution is 0.200. The topological polar surface area (TPSA) is 76.0 Å². The molecule has 6 heteroatoms. The van der Waals surface area contributed by atoms with Crippen molar-refractivity contribution in [2.45, 2.75) is 13.1 Å². The number of fused-ring (bicyclic) bond motifs is 1. The van der Waals surface area contributed by atoms with Gasteiger partial charge in [-0.3, -0.25) is 4.57 Å². The van der Waals surface area contributed by atoms with Crippen LogP contribution in [-0.4, -0.2) is 29.8 Å². The largest absolute Gasteiger partial charge is 0.491 e. The monoisotopic (exact) mass is 310 g/mol. The molecule has 0 aliphatic carbocycles. The van der Waals surface area contributed by atoms with Crippen LogP contribution in [0.3, 0.4) is 0 Å². The predicted molar refractivity (Wildman–Crippen MR) is 81.7 cm³/mol. The van der Waals surface area contributed by atoms with Crippen LogP contribution in [0, 0.1) is 0 Å². The Bertz CT molecular complexity index is 656. The molecule has 0 saturated heterocycles. The van der Waals surface area contributed by atoms with Crippen LogP contribution in [0.2, 0.25) is 0 Å². The number of ether oxygens (including phenoxy) is 1. The van der Waals surface area contributed by atoms with Gasteiger partial charge < -0.3 is 19.3 Å². The predicted octanol–water partition coefficient (Wildman–Crippen LogP) is 2.93. The summed E-state index contributed by atoms with van der Waals surface area (Å²) in [6.45, 7) is 1.87. The third kappa shape index (κ3) is 4.05. The van der Waals surface area contributed by atoms with Gasteiger partial charge >= 0.3 is 7.60 Å². The van der Waals surface area contributed by atoms with Gasteiger partial charge in [0.2, 0.25) is 0 Å². The molecule has 0 spiro atoms. The Morgan fingerprint density at radius 2 is 1.95 bits per heavy atom. The van der Waals surface area contributed by atoms with Crippen molar-refractivity contribution in [1.82, 2.24) is 0 Å². The molecule has 1 unspecified atom stereocenters. The Hall–Kier alpha value is -1.39. The molecule has 21 heavy (non-hydrogen) atoms. The fraction of sp³-hybridized carbons (Fsp3) is 0.333. The standard InChI is InChI=1S/C15H19O5P/c1-2-20-21(17,18)11-14-13-6-4-3-5-12(13)7-8-15(14)19-10-9-16/h3-8,16H,2,9-11H2,1H3,(H,17,18). The summed E-state index contributed by atoms with van der Waals surface area (Å²) in [4.78, 5) is 9.91. The van der Waals surface area contributed by atoms with Crippen LogP contribution in [0.5, 0.6) is 5.75 Å². The molecule has 0 aromatic heterocycles. The number of aliphatic hydroxyl groups excluding tert-OH is 1. The third-order valence-electron chi connectivity index (χ3n) is 3.04. The number of rotatable bonds is 7. The molecule has 2 N–H and O–H groups in total. The summed E-state index contributed by atoms with van der Waals surface area (Å²) in [6.07, 6.45) is -0.122. The Labute approximate surface area is 123 Å². The van der Waals surface area contributed by atoms with E-state index in [9.17, 15) is 9.46 Å². The van der Waals surface area contributed by atoms with Crippen molar-refractivity contribution >= 4 is 18.4 Å². The van der Waals surface area contributed by atoms with E-state index in [-0.39, 0.29) is 26.0 Å². The molecule has 5 nitrogen and oxygen atoms in total. The van der Waals surface area contributed by atoms with Gasteiger partial charge in [-0.25, -0.2) is 0 Å². The van der Waals surface area contributed by atoms with E-state index in [0.29, 0.717) is 11.3 Å². The maximum absolute atomic E-state index is 12.1. The zero-order valence-corrected chi connectivity index (χ0v) is 12.8. The average molecular weight is 310 g/mol. The van der Waals surface area contributed by atoms with Gasteiger partial charge in [-0.15, -0.1) is 0 Å². The van der Waals surface area contributed by atoms with Crippen molar-refractivity contribution in [2.75, 3.05) is 19.8 Å². The third-order valence-corrected chi connectivity index (χ3v) is 4.41. The lowest BCUT2D eigenvalue weighted by atomic mass is 10.0. The molecule has 0 fully saturated rings. The van der Waals surface area contributed by atoms with Gasteiger partial charge in [0.1, 0.15) is 12.4 Å². The van der Waals surface area contributed by atoms with Crippen LogP contribution < -0.4 is 4.74 Å². The second-order valence-electron chi connectivity index (χ2n) is 4.55. The lowest BCUT2D eigenvalue weighted by Crippen LogP contribution is -2.05. The van der Waals surface area contributed by atoms with Crippen LogP contribution >= 0.6 is 7.60 Å². The van der Waals surface area contributed by atoms with Gasteiger partial charge in [-0.1, -0.05) is 30.3 Å². The average Bonchev–Trinajstić information content (AvgIpc) is 2.46. The van der Waals surface area contributed by atoms with Crippen LogP contribution in [0.15, 0.2) is 36.4 Å². The highest BCUT2D eigenvalue weighted by atomic mass is 31.2. The molecular weight excluding hydrogens is 291 g/mol. The first-order chi connectivity index (χ1) is 10.1. The summed E-state index contributed by atoms with van der Waals surface area (Å²) in [6, 6.07) is 11.2. The van der Waals surface area contributed by atoms with Crippen molar-refractivity contribution in [3.63, 3.8) is 0 Å². The zero-order chi connectivity index (χ0) is 15.3. The highest BCUT2D eigenvalue weighted by molar-refractivity contribution is 7.52. The quantitative estimate of drug-likeness (QED) is 0.769. The van der Waals surface area contributed by atoms with Crippen molar-refractivity contribution in [3.8, 4) is 5.75 Å². The first-order valence-corrected chi connectivity index (χ1v) is 8.54. The molecule has 0 aliphatic heterocycles. The minimum absolute atomic E-state index is 0.117. The van der Waals surface area contributed by atoms with E-state index >= 15 is 0 Å². The summed E-state index contributed by atoms with van der Waals surface area (Å²) in [5.74, 6) is 0.497. The first kappa shape index (κ1) is 16.0.